The van der Waals surface area contributed by atoms with Gasteiger partial charge in [0.05, 0.1) is 11.3 Å². The molecular formula is C18H28N4O. The van der Waals surface area contributed by atoms with E-state index >= 15 is 0 Å². The normalized spacial score (nSPS) is 19.2. The number of aromatic nitrogens is 1. The lowest BCUT2D eigenvalue weighted by Crippen LogP contribution is -2.54. The minimum Gasteiger partial charge on any atom is -0.396 e. The SMILES string of the molecule is Cc1cc(N2CCN(CC(C)C)C(CCO)C2)nc(C)c1C#N. The third-order valence-corrected chi connectivity index (χ3v) is 4.49. The molecule has 1 atom stereocenters. The van der Waals surface area contributed by atoms with E-state index in [2.05, 4.69) is 34.7 Å². The predicted molar refractivity (Wildman–Crippen MR) is 92.5 cm³/mol. The van der Waals surface area contributed by atoms with E-state index in [1.54, 1.807) is 0 Å². The van der Waals surface area contributed by atoms with Gasteiger partial charge < -0.3 is 10.0 Å². The van der Waals surface area contributed by atoms with E-state index in [1.807, 2.05) is 19.9 Å². The highest BCUT2D eigenvalue weighted by Crippen LogP contribution is 2.23. The van der Waals surface area contributed by atoms with Crippen molar-refractivity contribution in [3.05, 3.63) is 22.9 Å². The van der Waals surface area contributed by atoms with E-state index in [9.17, 15) is 10.4 Å². The van der Waals surface area contributed by atoms with Crippen molar-refractivity contribution in [2.24, 2.45) is 5.92 Å². The number of aryl methyl sites for hydroxylation is 2. The van der Waals surface area contributed by atoms with Crippen LogP contribution in [0.25, 0.3) is 0 Å². The largest absolute Gasteiger partial charge is 0.396 e. The quantitative estimate of drug-likeness (QED) is 0.901. The van der Waals surface area contributed by atoms with Crippen molar-refractivity contribution in [2.45, 2.75) is 40.2 Å². The Morgan fingerprint density at radius 2 is 2.13 bits per heavy atom. The zero-order valence-corrected chi connectivity index (χ0v) is 14.7. The van der Waals surface area contributed by atoms with Gasteiger partial charge in [-0.05, 0) is 37.8 Å². The molecule has 1 aromatic rings. The summed E-state index contributed by atoms with van der Waals surface area (Å²) in [5.74, 6) is 1.58. The number of piperazine rings is 1. The van der Waals surface area contributed by atoms with Crippen molar-refractivity contribution in [1.29, 1.82) is 5.26 Å². The average Bonchev–Trinajstić information content (AvgIpc) is 2.48. The first-order valence-electron chi connectivity index (χ1n) is 8.44. The zero-order valence-electron chi connectivity index (χ0n) is 14.7. The van der Waals surface area contributed by atoms with E-state index in [-0.39, 0.29) is 6.61 Å². The standard InChI is InChI=1S/C18H28N4O/c1-13(2)11-21-6-7-22(12-16(21)5-8-23)18-9-14(3)17(10-19)15(4)20-18/h9,13,16,23H,5-8,11-12H2,1-4H3. The van der Waals surface area contributed by atoms with Crippen LogP contribution in [-0.4, -0.2) is 53.8 Å². The third kappa shape index (κ3) is 4.21. The van der Waals surface area contributed by atoms with Gasteiger partial charge in [-0.1, -0.05) is 13.8 Å². The minimum absolute atomic E-state index is 0.214. The lowest BCUT2D eigenvalue weighted by molar-refractivity contribution is 0.128. The lowest BCUT2D eigenvalue weighted by Gasteiger charge is -2.42. The van der Waals surface area contributed by atoms with Crippen LogP contribution in [-0.2, 0) is 0 Å². The minimum atomic E-state index is 0.214. The first kappa shape index (κ1) is 17.7. The highest BCUT2D eigenvalue weighted by molar-refractivity contribution is 5.50. The molecule has 23 heavy (non-hydrogen) atoms. The predicted octanol–water partition coefficient (Wildman–Crippen LogP) is 2.10. The maximum atomic E-state index is 9.39. The van der Waals surface area contributed by atoms with E-state index in [0.717, 1.165) is 49.7 Å². The Morgan fingerprint density at radius 1 is 1.39 bits per heavy atom. The molecule has 0 saturated carbocycles. The van der Waals surface area contributed by atoms with Crippen LogP contribution in [0.1, 0.15) is 37.1 Å². The number of pyridine rings is 1. The van der Waals surface area contributed by atoms with Crippen molar-refractivity contribution >= 4 is 5.82 Å². The maximum Gasteiger partial charge on any atom is 0.129 e. The number of rotatable bonds is 5. The molecule has 0 amide bonds. The summed E-state index contributed by atoms with van der Waals surface area (Å²) in [5.41, 5.74) is 2.46. The van der Waals surface area contributed by atoms with Crippen molar-refractivity contribution in [1.82, 2.24) is 9.88 Å². The number of anilines is 1. The highest BCUT2D eigenvalue weighted by Gasteiger charge is 2.28. The number of nitriles is 1. The summed E-state index contributed by atoms with van der Waals surface area (Å²) in [5, 5.41) is 18.6. The second kappa shape index (κ2) is 7.76. The van der Waals surface area contributed by atoms with Crippen LogP contribution >= 0.6 is 0 Å². The number of aliphatic hydroxyl groups is 1. The second-order valence-electron chi connectivity index (χ2n) is 6.87. The topological polar surface area (TPSA) is 63.4 Å². The Labute approximate surface area is 139 Å². The van der Waals surface area contributed by atoms with Crippen molar-refractivity contribution in [3.63, 3.8) is 0 Å². The molecule has 126 valence electrons. The van der Waals surface area contributed by atoms with Gasteiger partial charge in [-0.15, -0.1) is 0 Å². The first-order valence-corrected chi connectivity index (χ1v) is 8.44. The van der Waals surface area contributed by atoms with Crippen molar-refractivity contribution < 1.29 is 5.11 Å². The zero-order chi connectivity index (χ0) is 17.0. The molecule has 0 spiro atoms. The van der Waals surface area contributed by atoms with Crippen LogP contribution < -0.4 is 4.90 Å². The molecular weight excluding hydrogens is 288 g/mol. The molecule has 5 heteroatoms. The Balaban J connectivity index is 2.18. The fraction of sp³-hybridized carbons (Fsp3) is 0.667. The Bertz CT molecular complexity index is 556. The lowest BCUT2D eigenvalue weighted by atomic mass is 10.0. The van der Waals surface area contributed by atoms with E-state index < -0.39 is 0 Å². The molecule has 1 unspecified atom stereocenters. The highest BCUT2D eigenvalue weighted by atomic mass is 16.3. The van der Waals surface area contributed by atoms with Crippen LogP contribution in [0.4, 0.5) is 5.82 Å². The van der Waals surface area contributed by atoms with Gasteiger partial charge in [0.15, 0.2) is 0 Å². The number of hydrogen-bond donors (Lipinski definition) is 1. The van der Waals surface area contributed by atoms with E-state index in [4.69, 9.17) is 0 Å². The monoisotopic (exact) mass is 316 g/mol. The van der Waals surface area contributed by atoms with Gasteiger partial charge in [0.1, 0.15) is 11.9 Å². The fourth-order valence-corrected chi connectivity index (χ4v) is 3.38. The van der Waals surface area contributed by atoms with Crippen molar-refractivity contribution in [2.75, 3.05) is 37.7 Å². The van der Waals surface area contributed by atoms with Gasteiger partial charge in [-0.3, -0.25) is 4.90 Å². The van der Waals surface area contributed by atoms with Crippen LogP contribution in [0.3, 0.4) is 0 Å². The molecule has 1 aromatic heterocycles. The molecule has 2 heterocycles. The van der Waals surface area contributed by atoms with Crippen molar-refractivity contribution in [3.8, 4) is 6.07 Å². The molecule has 2 rings (SSSR count). The maximum absolute atomic E-state index is 9.39. The van der Waals surface area contributed by atoms with Crippen LogP contribution in [0.15, 0.2) is 6.07 Å². The summed E-state index contributed by atoms with van der Waals surface area (Å²) < 4.78 is 0. The number of aliphatic hydroxyl groups excluding tert-OH is 1. The Morgan fingerprint density at radius 3 is 2.70 bits per heavy atom. The molecule has 0 radical (unpaired) electrons. The third-order valence-electron chi connectivity index (χ3n) is 4.49. The number of hydrogen-bond acceptors (Lipinski definition) is 5. The molecule has 1 N–H and O–H groups in total. The van der Waals surface area contributed by atoms with Crippen LogP contribution in [0.5, 0.6) is 0 Å². The van der Waals surface area contributed by atoms with E-state index in [1.165, 1.54) is 0 Å². The summed E-state index contributed by atoms with van der Waals surface area (Å²) in [6.07, 6.45) is 0.789. The Kier molecular flexibility index (Phi) is 5.97. The molecule has 0 aromatic carbocycles. The van der Waals surface area contributed by atoms with Gasteiger partial charge in [-0.2, -0.15) is 5.26 Å². The molecule has 1 aliphatic rings. The van der Waals surface area contributed by atoms with Gasteiger partial charge in [0.25, 0.3) is 0 Å². The average molecular weight is 316 g/mol. The van der Waals surface area contributed by atoms with E-state index in [0.29, 0.717) is 17.5 Å². The summed E-state index contributed by atoms with van der Waals surface area (Å²) >= 11 is 0. The molecule has 1 fully saturated rings. The summed E-state index contributed by atoms with van der Waals surface area (Å²) in [6.45, 7) is 12.4. The van der Waals surface area contributed by atoms with Crippen LogP contribution in [0, 0.1) is 31.1 Å². The summed E-state index contributed by atoms with van der Waals surface area (Å²) in [6, 6.07) is 4.60. The van der Waals surface area contributed by atoms with Gasteiger partial charge >= 0.3 is 0 Å². The smallest absolute Gasteiger partial charge is 0.129 e. The van der Waals surface area contributed by atoms with Gasteiger partial charge in [0.2, 0.25) is 0 Å². The molecule has 0 bridgehead atoms. The molecule has 1 aliphatic heterocycles. The molecule has 0 aliphatic carbocycles. The molecule has 5 nitrogen and oxygen atoms in total. The Hall–Kier alpha value is -1.64. The number of nitrogens with zero attached hydrogens (tertiary/aromatic N) is 4. The summed E-state index contributed by atoms with van der Waals surface area (Å²) in [4.78, 5) is 9.41. The second-order valence-corrected chi connectivity index (χ2v) is 6.87. The van der Waals surface area contributed by atoms with Crippen LogP contribution in [0.2, 0.25) is 0 Å². The fourth-order valence-electron chi connectivity index (χ4n) is 3.38. The van der Waals surface area contributed by atoms with Gasteiger partial charge in [-0.25, -0.2) is 4.98 Å². The molecule has 1 saturated heterocycles. The van der Waals surface area contributed by atoms with Gasteiger partial charge in [0, 0.05) is 38.8 Å². The first-order chi connectivity index (χ1) is 11.0. The summed E-state index contributed by atoms with van der Waals surface area (Å²) in [7, 11) is 0.